The van der Waals surface area contributed by atoms with Gasteiger partial charge in [0.1, 0.15) is 11.5 Å². The number of carbonyl (C=O) groups excluding carboxylic acids is 1. The van der Waals surface area contributed by atoms with E-state index in [1.54, 1.807) is 43.5 Å². The van der Waals surface area contributed by atoms with E-state index < -0.39 is 11.6 Å². The van der Waals surface area contributed by atoms with E-state index in [1.807, 2.05) is 36.4 Å². The molecule has 0 bridgehead atoms. The van der Waals surface area contributed by atoms with Gasteiger partial charge < -0.3 is 19.9 Å². The molecule has 0 saturated carbocycles. The lowest BCUT2D eigenvalue weighted by Crippen LogP contribution is -2.37. The van der Waals surface area contributed by atoms with Crippen LogP contribution >= 0.6 is 0 Å². The SMILES string of the molecule is COc1cccc(C(=O)NCCc2ccc(-c3ccc(OC(C)(C)C(=O)O)cc3)cc2)c1. The predicted molar refractivity (Wildman–Crippen MR) is 123 cm³/mol. The molecular weight excluding hydrogens is 406 g/mol. The van der Waals surface area contributed by atoms with Gasteiger partial charge in [0, 0.05) is 12.1 Å². The van der Waals surface area contributed by atoms with Gasteiger partial charge in [0.2, 0.25) is 0 Å². The first kappa shape index (κ1) is 22.9. The third kappa shape index (κ3) is 5.88. The van der Waals surface area contributed by atoms with Crippen LogP contribution in [0.2, 0.25) is 0 Å². The fourth-order valence-corrected chi connectivity index (χ4v) is 3.10. The highest BCUT2D eigenvalue weighted by molar-refractivity contribution is 5.94. The molecule has 6 nitrogen and oxygen atoms in total. The molecule has 0 radical (unpaired) electrons. The topological polar surface area (TPSA) is 84.9 Å². The first-order valence-electron chi connectivity index (χ1n) is 10.3. The van der Waals surface area contributed by atoms with Crippen LogP contribution in [-0.2, 0) is 11.2 Å². The average molecular weight is 434 g/mol. The van der Waals surface area contributed by atoms with Crippen molar-refractivity contribution in [2.24, 2.45) is 0 Å². The third-order valence-electron chi connectivity index (χ3n) is 5.06. The highest BCUT2D eigenvalue weighted by atomic mass is 16.5. The maximum atomic E-state index is 12.3. The molecule has 0 fully saturated rings. The van der Waals surface area contributed by atoms with Gasteiger partial charge in [-0.15, -0.1) is 0 Å². The van der Waals surface area contributed by atoms with E-state index in [0.29, 0.717) is 30.0 Å². The Kier molecular flexibility index (Phi) is 7.15. The number of hydrogen-bond acceptors (Lipinski definition) is 4. The molecule has 2 N–H and O–H groups in total. The summed E-state index contributed by atoms with van der Waals surface area (Å²) in [5.41, 5.74) is 2.44. The molecule has 32 heavy (non-hydrogen) atoms. The van der Waals surface area contributed by atoms with Gasteiger partial charge in [0.15, 0.2) is 5.60 Å². The lowest BCUT2D eigenvalue weighted by molar-refractivity contribution is -0.152. The number of carboxylic acids is 1. The van der Waals surface area contributed by atoms with Gasteiger partial charge in [-0.1, -0.05) is 42.5 Å². The van der Waals surface area contributed by atoms with Crippen molar-refractivity contribution in [2.75, 3.05) is 13.7 Å². The summed E-state index contributed by atoms with van der Waals surface area (Å²) in [4.78, 5) is 23.5. The fraction of sp³-hybridized carbons (Fsp3) is 0.231. The van der Waals surface area contributed by atoms with Crippen molar-refractivity contribution in [3.05, 3.63) is 83.9 Å². The van der Waals surface area contributed by atoms with E-state index in [4.69, 9.17) is 9.47 Å². The summed E-state index contributed by atoms with van der Waals surface area (Å²) in [6, 6.07) is 22.5. The Morgan fingerprint density at radius 2 is 1.53 bits per heavy atom. The molecular formula is C26H27NO5. The quantitative estimate of drug-likeness (QED) is 0.516. The molecule has 3 aromatic carbocycles. The van der Waals surface area contributed by atoms with Gasteiger partial charge in [-0.3, -0.25) is 4.79 Å². The molecule has 0 aliphatic carbocycles. The number of methoxy groups -OCH3 is 1. The second-order valence-corrected chi connectivity index (χ2v) is 7.88. The minimum atomic E-state index is -1.29. The first-order chi connectivity index (χ1) is 15.3. The van der Waals surface area contributed by atoms with Crippen LogP contribution in [0.4, 0.5) is 0 Å². The van der Waals surface area contributed by atoms with Crippen molar-refractivity contribution in [1.82, 2.24) is 5.32 Å². The van der Waals surface area contributed by atoms with Gasteiger partial charge >= 0.3 is 5.97 Å². The number of hydrogen-bond donors (Lipinski definition) is 2. The molecule has 1 amide bonds. The fourth-order valence-electron chi connectivity index (χ4n) is 3.10. The van der Waals surface area contributed by atoms with E-state index in [2.05, 4.69) is 5.32 Å². The van der Waals surface area contributed by atoms with Gasteiger partial charge in [0.05, 0.1) is 7.11 Å². The summed E-state index contributed by atoms with van der Waals surface area (Å²) in [5.74, 6) is 0.00809. The number of ether oxygens (including phenoxy) is 2. The number of rotatable bonds is 9. The van der Waals surface area contributed by atoms with E-state index in [1.165, 1.54) is 13.8 Å². The van der Waals surface area contributed by atoms with Crippen LogP contribution < -0.4 is 14.8 Å². The van der Waals surface area contributed by atoms with Gasteiger partial charge in [0.25, 0.3) is 5.91 Å². The molecule has 166 valence electrons. The number of carboxylic acid groups (broad SMARTS) is 1. The number of benzene rings is 3. The molecule has 0 aliphatic heterocycles. The zero-order chi connectivity index (χ0) is 23.1. The van der Waals surface area contributed by atoms with Crippen LogP contribution in [0.1, 0.15) is 29.8 Å². The van der Waals surface area contributed by atoms with Crippen molar-refractivity contribution < 1.29 is 24.2 Å². The lowest BCUT2D eigenvalue weighted by Gasteiger charge is -2.21. The minimum Gasteiger partial charge on any atom is -0.497 e. The molecule has 0 unspecified atom stereocenters. The smallest absolute Gasteiger partial charge is 0.347 e. The summed E-state index contributed by atoms with van der Waals surface area (Å²) < 4.78 is 10.7. The Morgan fingerprint density at radius 3 is 2.12 bits per heavy atom. The third-order valence-corrected chi connectivity index (χ3v) is 5.06. The number of carbonyl (C=O) groups is 2. The maximum absolute atomic E-state index is 12.3. The monoisotopic (exact) mass is 433 g/mol. The number of amides is 1. The summed E-state index contributed by atoms with van der Waals surface area (Å²) >= 11 is 0. The largest absolute Gasteiger partial charge is 0.497 e. The van der Waals surface area contributed by atoms with Crippen LogP contribution in [0.25, 0.3) is 11.1 Å². The normalized spacial score (nSPS) is 11.0. The van der Waals surface area contributed by atoms with Crippen LogP contribution in [-0.4, -0.2) is 36.2 Å². The molecule has 6 heteroatoms. The maximum Gasteiger partial charge on any atom is 0.347 e. The van der Waals surface area contributed by atoms with Crippen molar-refractivity contribution >= 4 is 11.9 Å². The zero-order valence-electron chi connectivity index (χ0n) is 18.4. The highest BCUT2D eigenvalue weighted by Gasteiger charge is 2.29. The summed E-state index contributed by atoms with van der Waals surface area (Å²) in [5, 5.41) is 12.1. The van der Waals surface area contributed by atoms with Crippen molar-refractivity contribution in [3.63, 3.8) is 0 Å². The van der Waals surface area contributed by atoms with E-state index in [9.17, 15) is 14.7 Å². The molecule has 0 saturated heterocycles. The van der Waals surface area contributed by atoms with Crippen LogP contribution in [0.15, 0.2) is 72.8 Å². The van der Waals surface area contributed by atoms with Crippen molar-refractivity contribution in [1.29, 1.82) is 0 Å². The highest BCUT2D eigenvalue weighted by Crippen LogP contribution is 2.25. The summed E-state index contributed by atoms with van der Waals surface area (Å²) in [7, 11) is 1.57. The van der Waals surface area contributed by atoms with Gasteiger partial charge in [-0.25, -0.2) is 4.79 Å². The van der Waals surface area contributed by atoms with Gasteiger partial charge in [-0.05, 0) is 67.3 Å². The molecule has 3 rings (SSSR count). The van der Waals surface area contributed by atoms with E-state index >= 15 is 0 Å². The second-order valence-electron chi connectivity index (χ2n) is 7.88. The Hall–Kier alpha value is -3.80. The Labute approximate surface area is 187 Å². The van der Waals surface area contributed by atoms with Crippen LogP contribution in [0.3, 0.4) is 0 Å². The van der Waals surface area contributed by atoms with E-state index in [0.717, 1.165) is 16.7 Å². The molecule has 3 aromatic rings. The Morgan fingerprint density at radius 1 is 0.906 bits per heavy atom. The molecule has 0 atom stereocenters. The zero-order valence-corrected chi connectivity index (χ0v) is 18.4. The van der Waals surface area contributed by atoms with Crippen molar-refractivity contribution in [3.8, 4) is 22.6 Å². The molecule has 0 aromatic heterocycles. The average Bonchev–Trinajstić information content (AvgIpc) is 2.79. The molecule has 0 aliphatic rings. The second kappa shape index (κ2) is 10.0. The number of aliphatic carboxylic acids is 1. The molecule has 0 heterocycles. The first-order valence-corrected chi connectivity index (χ1v) is 10.3. The predicted octanol–water partition coefficient (Wildman–Crippen LogP) is 4.58. The van der Waals surface area contributed by atoms with Crippen LogP contribution in [0.5, 0.6) is 11.5 Å². The summed E-state index contributed by atoms with van der Waals surface area (Å²) in [6.07, 6.45) is 0.715. The minimum absolute atomic E-state index is 0.131. The van der Waals surface area contributed by atoms with E-state index in [-0.39, 0.29) is 5.91 Å². The Bertz CT molecular complexity index is 1070. The number of nitrogens with one attached hydrogen (secondary N) is 1. The van der Waals surface area contributed by atoms with Crippen LogP contribution in [0, 0.1) is 0 Å². The van der Waals surface area contributed by atoms with Gasteiger partial charge in [-0.2, -0.15) is 0 Å². The summed E-state index contributed by atoms with van der Waals surface area (Å²) in [6.45, 7) is 3.56. The standard InChI is InChI=1S/C26H27NO5/c1-26(2,25(29)30)32-22-13-11-20(12-14-22)19-9-7-18(8-10-19)15-16-27-24(28)21-5-4-6-23(17-21)31-3/h4-14,17H,15-16H2,1-3H3,(H,27,28)(H,29,30). The lowest BCUT2D eigenvalue weighted by atomic mass is 10.0. The molecule has 0 spiro atoms. The Balaban J connectivity index is 1.54. The van der Waals surface area contributed by atoms with Crippen molar-refractivity contribution in [2.45, 2.75) is 25.9 Å².